The zero-order chi connectivity index (χ0) is 12.3. The van der Waals surface area contributed by atoms with Crippen LogP contribution in [0.25, 0.3) is 0 Å². The summed E-state index contributed by atoms with van der Waals surface area (Å²) in [5, 5.41) is 0. The molecule has 17 heavy (non-hydrogen) atoms. The first-order chi connectivity index (χ1) is 8.22. The minimum absolute atomic E-state index is 0.0762. The van der Waals surface area contributed by atoms with Crippen molar-refractivity contribution >= 4 is 5.78 Å². The summed E-state index contributed by atoms with van der Waals surface area (Å²) in [5.41, 5.74) is 7.98. The molecule has 3 heteroatoms. The van der Waals surface area contributed by atoms with Crippen LogP contribution >= 0.6 is 0 Å². The average Bonchev–Trinajstić information content (AvgIpc) is 2.38. The Balaban J connectivity index is 2.11. The van der Waals surface area contributed by atoms with Gasteiger partial charge in [0.15, 0.2) is 0 Å². The molecule has 0 aliphatic carbocycles. The van der Waals surface area contributed by atoms with Crippen molar-refractivity contribution in [2.24, 2.45) is 11.7 Å². The number of hydrogen-bond donors (Lipinski definition) is 1. The van der Waals surface area contributed by atoms with Gasteiger partial charge in [-0.3, -0.25) is 4.79 Å². The molecule has 1 aliphatic rings. The maximum Gasteiger partial charge on any atom is 0.139 e. The van der Waals surface area contributed by atoms with Crippen molar-refractivity contribution in [3.8, 4) is 0 Å². The van der Waals surface area contributed by atoms with Crippen molar-refractivity contribution in [1.82, 2.24) is 0 Å². The van der Waals surface area contributed by atoms with E-state index in [0.29, 0.717) is 19.6 Å². The first-order valence-electron chi connectivity index (χ1n) is 6.14. The molecule has 0 amide bonds. The van der Waals surface area contributed by atoms with Crippen LogP contribution in [0, 0.1) is 5.92 Å². The van der Waals surface area contributed by atoms with Gasteiger partial charge in [0, 0.05) is 18.9 Å². The molecular weight excluding hydrogens is 214 g/mol. The van der Waals surface area contributed by atoms with Gasteiger partial charge in [-0.25, -0.2) is 0 Å². The van der Waals surface area contributed by atoms with E-state index in [9.17, 15) is 4.79 Å². The van der Waals surface area contributed by atoms with Gasteiger partial charge in [0.2, 0.25) is 0 Å². The van der Waals surface area contributed by atoms with Crippen LogP contribution in [0.15, 0.2) is 24.3 Å². The second kappa shape index (κ2) is 5.43. The third-order valence-electron chi connectivity index (χ3n) is 3.38. The Morgan fingerprint density at radius 2 is 2.29 bits per heavy atom. The standard InChI is InChI=1S/C14H19NO2/c1-10(9-15)13(16)8-14-12-5-3-2-4-11(12)6-7-17-14/h2-5,10,14H,6-9,15H2,1H3. The highest BCUT2D eigenvalue weighted by molar-refractivity contribution is 5.81. The molecule has 0 aromatic heterocycles. The third kappa shape index (κ3) is 2.73. The van der Waals surface area contributed by atoms with Crippen LogP contribution < -0.4 is 5.73 Å². The lowest BCUT2D eigenvalue weighted by Gasteiger charge is -2.26. The number of carbonyl (C=O) groups excluding carboxylic acids is 1. The third-order valence-corrected chi connectivity index (χ3v) is 3.38. The summed E-state index contributed by atoms with van der Waals surface area (Å²) in [7, 11) is 0. The summed E-state index contributed by atoms with van der Waals surface area (Å²) in [6, 6.07) is 8.20. The van der Waals surface area contributed by atoms with Gasteiger partial charge in [0.25, 0.3) is 0 Å². The largest absolute Gasteiger partial charge is 0.373 e. The van der Waals surface area contributed by atoms with Crippen molar-refractivity contribution in [3.63, 3.8) is 0 Å². The molecule has 1 aliphatic heterocycles. The molecule has 2 rings (SSSR count). The number of benzene rings is 1. The monoisotopic (exact) mass is 233 g/mol. The molecule has 1 heterocycles. The summed E-state index contributed by atoms with van der Waals surface area (Å²) in [4.78, 5) is 11.9. The Kier molecular flexibility index (Phi) is 3.92. The Bertz CT molecular complexity index is 403. The van der Waals surface area contributed by atoms with E-state index < -0.39 is 0 Å². The van der Waals surface area contributed by atoms with E-state index in [4.69, 9.17) is 10.5 Å². The van der Waals surface area contributed by atoms with E-state index in [0.717, 1.165) is 12.0 Å². The number of hydrogen-bond acceptors (Lipinski definition) is 3. The van der Waals surface area contributed by atoms with E-state index in [1.807, 2.05) is 19.1 Å². The second-order valence-electron chi connectivity index (χ2n) is 4.62. The normalized spacial score (nSPS) is 20.7. The number of Topliss-reactive ketones (excluding diaryl/α,β-unsaturated/α-hetero) is 1. The zero-order valence-electron chi connectivity index (χ0n) is 10.2. The molecule has 92 valence electrons. The molecule has 2 atom stereocenters. The summed E-state index contributed by atoms with van der Waals surface area (Å²) in [6.45, 7) is 2.98. The molecule has 0 spiro atoms. The molecule has 0 fully saturated rings. The van der Waals surface area contributed by atoms with Gasteiger partial charge in [-0.05, 0) is 17.5 Å². The van der Waals surface area contributed by atoms with E-state index >= 15 is 0 Å². The van der Waals surface area contributed by atoms with Gasteiger partial charge in [-0.1, -0.05) is 31.2 Å². The lowest BCUT2D eigenvalue weighted by Crippen LogP contribution is -2.25. The Morgan fingerprint density at radius 3 is 3.06 bits per heavy atom. The molecule has 1 aromatic carbocycles. The van der Waals surface area contributed by atoms with Crippen molar-refractivity contribution in [1.29, 1.82) is 0 Å². The van der Waals surface area contributed by atoms with E-state index in [2.05, 4.69) is 12.1 Å². The number of ether oxygens (including phenoxy) is 1. The molecule has 0 saturated heterocycles. The van der Waals surface area contributed by atoms with Gasteiger partial charge < -0.3 is 10.5 Å². The molecule has 0 radical (unpaired) electrons. The fraction of sp³-hybridized carbons (Fsp3) is 0.500. The summed E-state index contributed by atoms with van der Waals surface area (Å²) in [5.74, 6) is 0.113. The Labute approximate surface area is 102 Å². The van der Waals surface area contributed by atoms with E-state index in [1.165, 1.54) is 5.56 Å². The van der Waals surface area contributed by atoms with Crippen molar-refractivity contribution < 1.29 is 9.53 Å². The fourth-order valence-corrected chi connectivity index (χ4v) is 2.16. The van der Waals surface area contributed by atoms with Crippen molar-refractivity contribution in [2.75, 3.05) is 13.2 Å². The predicted octanol–water partition coefficient (Wildman–Crippen LogP) is 1.85. The fourth-order valence-electron chi connectivity index (χ4n) is 2.16. The molecule has 0 saturated carbocycles. The maximum absolute atomic E-state index is 11.9. The second-order valence-corrected chi connectivity index (χ2v) is 4.62. The highest BCUT2D eigenvalue weighted by Gasteiger charge is 2.24. The van der Waals surface area contributed by atoms with Crippen LogP contribution in [0.5, 0.6) is 0 Å². The quantitative estimate of drug-likeness (QED) is 0.863. The zero-order valence-corrected chi connectivity index (χ0v) is 10.2. The molecular formula is C14H19NO2. The first kappa shape index (κ1) is 12.3. The molecule has 2 N–H and O–H groups in total. The van der Waals surface area contributed by atoms with Crippen LogP contribution in [-0.4, -0.2) is 18.9 Å². The van der Waals surface area contributed by atoms with Gasteiger partial charge in [-0.2, -0.15) is 0 Å². The van der Waals surface area contributed by atoms with Gasteiger partial charge in [0.1, 0.15) is 5.78 Å². The molecule has 2 unspecified atom stereocenters. The van der Waals surface area contributed by atoms with Crippen molar-refractivity contribution in [2.45, 2.75) is 25.9 Å². The molecule has 0 bridgehead atoms. The van der Waals surface area contributed by atoms with Crippen LogP contribution in [0.1, 0.15) is 30.6 Å². The molecule has 3 nitrogen and oxygen atoms in total. The smallest absolute Gasteiger partial charge is 0.139 e. The topological polar surface area (TPSA) is 52.3 Å². The lowest BCUT2D eigenvalue weighted by atomic mass is 9.92. The van der Waals surface area contributed by atoms with Gasteiger partial charge >= 0.3 is 0 Å². The van der Waals surface area contributed by atoms with E-state index in [1.54, 1.807) is 0 Å². The summed E-state index contributed by atoms with van der Waals surface area (Å²) in [6.07, 6.45) is 1.30. The van der Waals surface area contributed by atoms with Crippen LogP contribution in [0.3, 0.4) is 0 Å². The van der Waals surface area contributed by atoms with Gasteiger partial charge in [0.05, 0.1) is 12.7 Å². The average molecular weight is 233 g/mol. The number of ketones is 1. The highest BCUT2D eigenvalue weighted by atomic mass is 16.5. The van der Waals surface area contributed by atoms with E-state index in [-0.39, 0.29) is 17.8 Å². The summed E-state index contributed by atoms with van der Waals surface area (Å²) >= 11 is 0. The first-order valence-corrected chi connectivity index (χ1v) is 6.14. The lowest BCUT2D eigenvalue weighted by molar-refractivity contribution is -0.125. The van der Waals surface area contributed by atoms with Crippen LogP contribution in [-0.2, 0) is 16.0 Å². The predicted molar refractivity (Wildman–Crippen MR) is 66.7 cm³/mol. The Hall–Kier alpha value is -1.19. The summed E-state index contributed by atoms with van der Waals surface area (Å²) < 4.78 is 5.71. The minimum atomic E-state index is -0.0820. The SMILES string of the molecule is CC(CN)C(=O)CC1OCCc2ccccc21. The number of fused-ring (bicyclic) bond motifs is 1. The van der Waals surface area contributed by atoms with Gasteiger partial charge in [-0.15, -0.1) is 0 Å². The highest BCUT2D eigenvalue weighted by Crippen LogP contribution is 2.30. The number of carbonyl (C=O) groups is 1. The number of nitrogens with two attached hydrogens (primary N) is 1. The van der Waals surface area contributed by atoms with Crippen molar-refractivity contribution in [3.05, 3.63) is 35.4 Å². The van der Waals surface area contributed by atoms with Crippen LogP contribution in [0.4, 0.5) is 0 Å². The minimum Gasteiger partial charge on any atom is -0.373 e. The molecule has 1 aromatic rings. The Morgan fingerprint density at radius 1 is 1.53 bits per heavy atom. The van der Waals surface area contributed by atoms with Crippen LogP contribution in [0.2, 0.25) is 0 Å². The number of rotatable bonds is 4. The maximum atomic E-state index is 11.9.